The predicted octanol–water partition coefficient (Wildman–Crippen LogP) is 2.37. The third-order valence-electron chi connectivity index (χ3n) is 3.12. The van der Waals surface area contributed by atoms with Gasteiger partial charge in [-0.25, -0.2) is 4.68 Å². The van der Waals surface area contributed by atoms with Crippen molar-refractivity contribution in [3.63, 3.8) is 0 Å². The maximum atomic E-state index is 11.9. The molecule has 20 heavy (non-hydrogen) atoms. The zero-order chi connectivity index (χ0) is 14.9. The maximum Gasteiger partial charge on any atom is 0.270 e. The van der Waals surface area contributed by atoms with Gasteiger partial charge in [-0.05, 0) is 37.1 Å². The molecule has 0 radical (unpaired) electrons. The topological polar surface area (TPSA) is 52.0 Å². The molecule has 0 atom stereocenters. The van der Waals surface area contributed by atoms with E-state index >= 15 is 0 Å². The number of halogens is 1. The number of aryl methyl sites for hydroxylation is 3. The van der Waals surface area contributed by atoms with Gasteiger partial charge in [0.15, 0.2) is 0 Å². The first kappa shape index (κ1) is 14.5. The van der Waals surface area contributed by atoms with Crippen molar-refractivity contribution in [3.05, 3.63) is 51.3 Å². The Morgan fingerprint density at radius 1 is 1.30 bits per heavy atom. The van der Waals surface area contributed by atoms with Gasteiger partial charge in [-0.15, -0.1) is 0 Å². The largest absolute Gasteiger partial charge is 0.281 e. The van der Waals surface area contributed by atoms with Crippen LogP contribution in [0.3, 0.4) is 0 Å². The molecule has 0 bridgehead atoms. The van der Waals surface area contributed by atoms with Crippen LogP contribution >= 0.6 is 11.6 Å². The van der Waals surface area contributed by atoms with Crippen LogP contribution in [0.1, 0.15) is 16.7 Å². The Kier molecular flexibility index (Phi) is 4.04. The van der Waals surface area contributed by atoms with Crippen molar-refractivity contribution >= 4 is 16.8 Å². The van der Waals surface area contributed by atoms with Crippen LogP contribution in [-0.2, 0) is 18.3 Å². The Hall–Kier alpha value is -1.94. The summed E-state index contributed by atoms with van der Waals surface area (Å²) in [7, 11) is 1.57. The van der Waals surface area contributed by atoms with Gasteiger partial charge in [0.2, 0.25) is 5.24 Å². The lowest BCUT2D eigenvalue weighted by molar-refractivity contribution is -0.111. The van der Waals surface area contributed by atoms with E-state index < -0.39 is 5.24 Å². The highest BCUT2D eigenvalue weighted by Gasteiger charge is 2.12. The van der Waals surface area contributed by atoms with Gasteiger partial charge in [0, 0.05) is 18.2 Å². The number of benzene rings is 1. The number of hydrogen-bond donors (Lipinski definition) is 0. The van der Waals surface area contributed by atoms with Gasteiger partial charge in [0.1, 0.15) is 0 Å². The van der Waals surface area contributed by atoms with Crippen LogP contribution in [0.4, 0.5) is 0 Å². The molecule has 0 saturated carbocycles. The molecule has 0 aliphatic heterocycles. The number of rotatable bonds is 3. The number of nitrogens with zero attached hydrogens (tertiary/aromatic N) is 2. The fourth-order valence-electron chi connectivity index (χ4n) is 2.18. The van der Waals surface area contributed by atoms with Crippen LogP contribution < -0.4 is 5.56 Å². The van der Waals surface area contributed by atoms with Crippen molar-refractivity contribution in [2.24, 2.45) is 7.05 Å². The first-order chi connectivity index (χ1) is 9.38. The normalized spacial score (nSPS) is 10.6. The van der Waals surface area contributed by atoms with Crippen molar-refractivity contribution in [2.75, 3.05) is 0 Å². The molecule has 0 saturated heterocycles. The van der Waals surface area contributed by atoms with Gasteiger partial charge in [-0.3, -0.25) is 9.59 Å². The first-order valence-corrected chi connectivity index (χ1v) is 6.59. The van der Waals surface area contributed by atoms with Crippen LogP contribution in [0.15, 0.2) is 29.1 Å². The minimum Gasteiger partial charge on any atom is -0.281 e. The first-order valence-electron chi connectivity index (χ1n) is 6.21. The second-order valence-electron chi connectivity index (χ2n) is 4.83. The SMILES string of the molecule is Cc1ccc(-c2cc(CC(=O)Cl)c(=O)n(C)n2)c(C)c1. The summed E-state index contributed by atoms with van der Waals surface area (Å²) in [4.78, 5) is 22.9. The van der Waals surface area contributed by atoms with Crippen molar-refractivity contribution in [2.45, 2.75) is 20.3 Å². The highest BCUT2D eigenvalue weighted by Crippen LogP contribution is 2.22. The van der Waals surface area contributed by atoms with Crippen LogP contribution in [0, 0.1) is 13.8 Å². The summed E-state index contributed by atoms with van der Waals surface area (Å²) in [6.07, 6.45) is -0.0886. The summed E-state index contributed by atoms with van der Waals surface area (Å²) in [6, 6.07) is 7.64. The van der Waals surface area contributed by atoms with E-state index in [0.717, 1.165) is 16.7 Å². The summed E-state index contributed by atoms with van der Waals surface area (Å²) >= 11 is 5.38. The standard InChI is InChI=1S/C15H15ClN2O2/c1-9-4-5-12(10(2)6-9)13-7-11(8-14(16)19)15(20)18(3)17-13/h4-7H,8H2,1-3H3. The van der Waals surface area contributed by atoms with E-state index in [0.29, 0.717) is 11.3 Å². The van der Waals surface area contributed by atoms with E-state index in [1.54, 1.807) is 13.1 Å². The van der Waals surface area contributed by atoms with Gasteiger partial charge in [0.25, 0.3) is 5.56 Å². The molecular formula is C15H15ClN2O2. The van der Waals surface area contributed by atoms with Crippen molar-refractivity contribution in [1.82, 2.24) is 9.78 Å². The third kappa shape index (κ3) is 2.96. The van der Waals surface area contributed by atoms with Gasteiger partial charge < -0.3 is 0 Å². The molecule has 0 aliphatic carbocycles. The molecule has 5 heteroatoms. The minimum atomic E-state index is -0.556. The van der Waals surface area contributed by atoms with Crippen LogP contribution in [0.5, 0.6) is 0 Å². The van der Waals surface area contributed by atoms with Crippen molar-refractivity contribution in [3.8, 4) is 11.3 Å². The van der Waals surface area contributed by atoms with E-state index in [-0.39, 0.29) is 12.0 Å². The molecule has 0 fully saturated rings. The van der Waals surface area contributed by atoms with Crippen molar-refractivity contribution < 1.29 is 4.79 Å². The molecule has 0 N–H and O–H groups in total. The number of hydrogen-bond acceptors (Lipinski definition) is 3. The molecule has 4 nitrogen and oxygen atoms in total. The van der Waals surface area contributed by atoms with E-state index in [4.69, 9.17) is 11.6 Å². The molecule has 104 valence electrons. The number of carbonyl (C=O) groups is 1. The van der Waals surface area contributed by atoms with E-state index in [9.17, 15) is 9.59 Å². The Balaban J connectivity index is 2.60. The fraction of sp³-hybridized carbons (Fsp3) is 0.267. The van der Waals surface area contributed by atoms with E-state index in [2.05, 4.69) is 11.2 Å². The van der Waals surface area contributed by atoms with Crippen molar-refractivity contribution in [1.29, 1.82) is 0 Å². The molecular weight excluding hydrogens is 276 g/mol. The molecule has 1 aromatic heterocycles. The van der Waals surface area contributed by atoms with Crippen LogP contribution in [0.2, 0.25) is 0 Å². The zero-order valence-electron chi connectivity index (χ0n) is 11.6. The van der Waals surface area contributed by atoms with Crippen LogP contribution in [-0.4, -0.2) is 15.0 Å². The molecule has 2 aromatic rings. The minimum absolute atomic E-state index is 0.0886. The Bertz CT molecular complexity index is 735. The summed E-state index contributed by atoms with van der Waals surface area (Å²) in [6.45, 7) is 4.00. The van der Waals surface area contributed by atoms with Crippen LogP contribution in [0.25, 0.3) is 11.3 Å². The second kappa shape index (κ2) is 5.59. The Morgan fingerprint density at radius 3 is 2.60 bits per heavy atom. The quantitative estimate of drug-likeness (QED) is 0.816. The zero-order valence-corrected chi connectivity index (χ0v) is 12.4. The molecule has 2 rings (SSSR count). The smallest absolute Gasteiger partial charge is 0.270 e. The third-order valence-corrected chi connectivity index (χ3v) is 3.26. The summed E-state index contributed by atoms with van der Waals surface area (Å²) in [5.74, 6) is 0. The molecule has 0 aliphatic rings. The molecule has 0 unspecified atom stereocenters. The maximum absolute atomic E-state index is 11.9. The lowest BCUT2D eigenvalue weighted by Crippen LogP contribution is -2.25. The molecule has 0 spiro atoms. The monoisotopic (exact) mass is 290 g/mol. The molecule has 0 amide bonds. The van der Waals surface area contributed by atoms with Gasteiger partial charge in [-0.1, -0.05) is 23.8 Å². The van der Waals surface area contributed by atoms with Gasteiger partial charge >= 0.3 is 0 Å². The summed E-state index contributed by atoms with van der Waals surface area (Å²) < 4.78 is 1.24. The highest BCUT2D eigenvalue weighted by molar-refractivity contribution is 6.63. The Labute approximate surface area is 122 Å². The van der Waals surface area contributed by atoms with Gasteiger partial charge in [0.05, 0.1) is 12.1 Å². The summed E-state index contributed by atoms with van der Waals surface area (Å²) in [5, 5.41) is 3.70. The predicted molar refractivity (Wildman–Crippen MR) is 79.0 cm³/mol. The Morgan fingerprint density at radius 2 is 2.00 bits per heavy atom. The number of carbonyl (C=O) groups excluding carboxylic acids is 1. The average Bonchev–Trinajstić information content (AvgIpc) is 2.34. The van der Waals surface area contributed by atoms with E-state index in [1.807, 2.05) is 26.0 Å². The average molecular weight is 291 g/mol. The van der Waals surface area contributed by atoms with Gasteiger partial charge in [-0.2, -0.15) is 5.10 Å². The molecule has 1 heterocycles. The molecule has 1 aromatic carbocycles. The summed E-state index contributed by atoms with van der Waals surface area (Å²) in [5.41, 5.74) is 3.89. The second-order valence-corrected chi connectivity index (χ2v) is 5.26. The van der Waals surface area contributed by atoms with E-state index in [1.165, 1.54) is 4.68 Å². The fourth-order valence-corrected chi connectivity index (χ4v) is 2.32. The highest BCUT2D eigenvalue weighted by atomic mass is 35.5. The lowest BCUT2D eigenvalue weighted by Gasteiger charge is -2.09. The lowest BCUT2D eigenvalue weighted by atomic mass is 10.0. The number of aromatic nitrogens is 2.